The summed E-state index contributed by atoms with van der Waals surface area (Å²) in [6.45, 7) is 1.74. The predicted molar refractivity (Wildman–Crippen MR) is 174 cm³/mol. The van der Waals surface area contributed by atoms with E-state index in [1.807, 2.05) is 18.2 Å². The van der Waals surface area contributed by atoms with Gasteiger partial charge >= 0.3 is 5.97 Å². The van der Waals surface area contributed by atoms with Gasteiger partial charge in [-0.05, 0) is 61.0 Å². The van der Waals surface area contributed by atoms with Crippen molar-refractivity contribution in [2.75, 3.05) is 19.5 Å². The lowest BCUT2D eigenvalue weighted by molar-refractivity contribution is -0.113. The van der Waals surface area contributed by atoms with Crippen LogP contribution in [-0.4, -0.2) is 35.8 Å². The van der Waals surface area contributed by atoms with Crippen molar-refractivity contribution in [2.45, 2.75) is 13.0 Å². The van der Waals surface area contributed by atoms with Gasteiger partial charge in [0, 0.05) is 17.3 Å². The molecule has 2 N–H and O–H groups in total. The number of carboxylic acids is 1. The van der Waals surface area contributed by atoms with E-state index in [9.17, 15) is 19.5 Å². The number of carboxylic acid groups (broad SMARTS) is 1. The fourth-order valence-electron chi connectivity index (χ4n) is 5.23. The maximum Gasteiger partial charge on any atom is 0.337 e. The van der Waals surface area contributed by atoms with Crippen molar-refractivity contribution < 1.29 is 28.6 Å². The molecule has 1 atom stereocenters. The van der Waals surface area contributed by atoms with Gasteiger partial charge in [-0.15, -0.1) is 0 Å². The van der Waals surface area contributed by atoms with Crippen molar-refractivity contribution in [2.24, 2.45) is 4.99 Å². The first-order chi connectivity index (χ1) is 22.2. The third-order valence-electron chi connectivity index (χ3n) is 7.41. The number of carbonyl (C=O) groups excluding carboxylic acids is 1. The number of aromatic nitrogens is 1. The van der Waals surface area contributed by atoms with Gasteiger partial charge in [0.05, 0.1) is 46.7 Å². The fraction of sp³-hybridized carbons (Fsp3) is 0.118. The van der Waals surface area contributed by atoms with E-state index in [4.69, 9.17) is 25.5 Å². The van der Waals surface area contributed by atoms with Crippen molar-refractivity contribution in [3.63, 3.8) is 0 Å². The standard InChI is InChI=1S/C34H26ClN3O7S/c1-18-29(31(39)37-21-7-5-4-6-8-21)30(20-10-13-26(43-2)27(16-20)44-3)38-32(40)28(46-34(38)36-18)17-22-11-14-25(45-22)19-9-12-23(33(41)42)24(35)15-19/h4-17,30H,1-3H3,(H,37,39)(H,41,42)/b28-17-/t30-/m1/s1. The number of hydrogen-bond acceptors (Lipinski definition) is 8. The van der Waals surface area contributed by atoms with Crippen LogP contribution >= 0.6 is 22.9 Å². The van der Waals surface area contributed by atoms with Gasteiger partial charge in [0.25, 0.3) is 11.5 Å². The van der Waals surface area contributed by atoms with E-state index in [0.717, 1.165) is 0 Å². The SMILES string of the molecule is COc1ccc([C@@H]2C(C(=O)Nc3ccccc3)=C(C)N=c3s/c(=C\c4ccc(-c5ccc(C(=O)O)c(Cl)c5)o4)c(=O)n32)cc1OC. The molecule has 5 aromatic rings. The zero-order valence-corrected chi connectivity index (χ0v) is 26.3. The van der Waals surface area contributed by atoms with Gasteiger partial charge in [-0.2, -0.15) is 0 Å². The van der Waals surface area contributed by atoms with Crippen LogP contribution in [0.3, 0.4) is 0 Å². The van der Waals surface area contributed by atoms with E-state index in [1.165, 1.54) is 42.3 Å². The van der Waals surface area contributed by atoms with E-state index < -0.39 is 17.9 Å². The first-order valence-electron chi connectivity index (χ1n) is 13.9. The zero-order valence-electron chi connectivity index (χ0n) is 24.7. The molecule has 1 aliphatic rings. The van der Waals surface area contributed by atoms with Gasteiger partial charge in [0.2, 0.25) is 0 Å². The van der Waals surface area contributed by atoms with E-state index in [2.05, 4.69) is 10.3 Å². The minimum Gasteiger partial charge on any atom is -0.493 e. The number of ether oxygens (including phenoxy) is 2. The van der Waals surface area contributed by atoms with Crippen molar-refractivity contribution in [3.05, 3.63) is 132 Å². The van der Waals surface area contributed by atoms with Gasteiger partial charge in [-0.1, -0.05) is 53.3 Å². The summed E-state index contributed by atoms with van der Waals surface area (Å²) in [6, 6.07) is 21.4. The zero-order chi connectivity index (χ0) is 32.5. The second-order valence-electron chi connectivity index (χ2n) is 10.2. The molecule has 0 aliphatic carbocycles. The van der Waals surface area contributed by atoms with Crippen LogP contribution in [0, 0.1) is 0 Å². The first kappa shape index (κ1) is 30.6. The molecule has 2 aromatic heterocycles. The molecule has 1 aliphatic heterocycles. The van der Waals surface area contributed by atoms with Gasteiger partial charge < -0.3 is 24.3 Å². The van der Waals surface area contributed by atoms with Gasteiger partial charge in [0.15, 0.2) is 16.3 Å². The van der Waals surface area contributed by atoms with E-state index in [1.54, 1.807) is 61.5 Å². The molecule has 0 unspecified atom stereocenters. The highest BCUT2D eigenvalue weighted by molar-refractivity contribution is 7.07. The normalized spacial score (nSPS) is 14.4. The molecule has 0 bridgehead atoms. The molecule has 3 heterocycles. The lowest BCUT2D eigenvalue weighted by Gasteiger charge is -2.26. The number of allylic oxidation sites excluding steroid dienone is 1. The third-order valence-corrected chi connectivity index (χ3v) is 8.70. The summed E-state index contributed by atoms with van der Waals surface area (Å²) in [5.74, 6) is 0.247. The summed E-state index contributed by atoms with van der Waals surface area (Å²) in [5.41, 5.74) is 2.18. The Hall–Kier alpha value is -5.39. The highest BCUT2D eigenvalue weighted by atomic mass is 35.5. The number of methoxy groups -OCH3 is 2. The summed E-state index contributed by atoms with van der Waals surface area (Å²) in [7, 11) is 3.05. The summed E-state index contributed by atoms with van der Waals surface area (Å²) in [5, 5.41) is 12.3. The molecule has 1 amide bonds. The number of anilines is 1. The Kier molecular flexibility index (Phi) is 8.35. The second-order valence-corrected chi connectivity index (χ2v) is 11.6. The number of para-hydroxylation sites is 1. The number of carbonyl (C=O) groups is 2. The maximum atomic E-state index is 14.1. The molecule has 232 valence electrons. The number of nitrogens with zero attached hydrogens (tertiary/aromatic N) is 2. The van der Waals surface area contributed by atoms with Crippen LogP contribution in [0.5, 0.6) is 11.5 Å². The topological polar surface area (TPSA) is 132 Å². The van der Waals surface area contributed by atoms with Gasteiger partial charge in [0.1, 0.15) is 11.5 Å². The third kappa shape index (κ3) is 5.73. The van der Waals surface area contributed by atoms with Crippen LogP contribution in [-0.2, 0) is 4.79 Å². The Morgan fingerprint density at radius 1 is 1.02 bits per heavy atom. The molecule has 0 spiro atoms. The van der Waals surface area contributed by atoms with Crippen LogP contribution in [0.15, 0.2) is 104 Å². The summed E-state index contributed by atoms with van der Waals surface area (Å²) >= 11 is 7.32. The fourth-order valence-corrected chi connectivity index (χ4v) is 6.51. The number of amides is 1. The number of furan rings is 1. The second kappa shape index (κ2) is 12.5. The average Bonchev–Trinajstić information content (AvgIpc) is 3.64. The Labute approximate surface area is 271 Å². The molecule has 12 heteroatoms. The Balaban J connectivity index is 1.45. The van der Waals surface area contributed by atoms with Crippen molar-refractivity contribution in [1.82, 2.24) is 4.57 Å². The molecule has 46 heavy (non-hydrogen) atoms. The Morgan fingerprint density at radius 3 is 2.48 bits per heavy atom. The smallest absolute Gasteiger partial charge is 0.337 e. The number of hydrogen-bond donors (Lipinski definition) is 2. The predicted octanol–water partition coefficient (Wildman–Crippen LogP) is 5.50. The molecular formula is C34H26ClN3O7S. The van der Waals surface area contributed by atoms with Crippen molar-refractivity contribution >= 4 is 46.6 Å². The molecule has 0 saturated carbocycles. The first-order valence-corrected chi connectivity index (χ1v) is 15.1. The van der Waals surface area contributed by atoms with Crippen LogP contribution in [0.25, 0.3) is 17.4 Å². The minimum absolute atomic E-state index is 0.0190. The summed E-state index contributed by atoms with van der Waals surface area (Å²) in [6.07, 6.45) is 1.61. The molecule has 0 saturated heterocycles. The van der Waals surface area contributed by atoms with Crippen LogP contribution in [0.4, 0.5) is 5.69 Å². The van der Waals surface area contributed by atoms with Crippen LogP contribution in [0.2, 0.25) is 5.02 Å². The molecule has 0 fully saturated rings. The lowest BCUT2D eigenvalue weighted by Crippen LogP contribution is -2.40. The number of nitrogens with one attached hydrogen (secondary N) is 1. The molecule has 6 rings (SSSR count). The minimum atomic E-state index is -1.13. The van der Waals surface area contributed by atoms with E-state index in [-0.39, 0.29) is 16.1 Å². The monoisotopic (exact) mass is 655 g/mol. The van der Waals surface area contributed by atoms with Crippen LogP contribution in [0.1, 0.15) is 34.6 Å². The van der Waals surface area contributed by atoms with Crippen LogP contribution < -0.4 is 29.7 Å². The molecule has 3 aromatic carbocycles. The quantitative estimate of drug-likeness (QED) is 0.226. The molecular weight excluding hydrogens is 630 g/mol. The number of rotatable bonds is 8. The summed E-state index contributed by atoms with van der Waals surface area (Å²) in [4.78, 5) is 44.3. The lowest BCUT2D eigenvalue weighted by atomic mass is 9.94. The number of halogens is 1. The Bertz CT molecular complexity index is 2220. The number of aromatic carboxylic acids is 1. The number of benzene rings is 3. The maximum absolute atomic E-state index is 14.1. The highest BCUT2D eigenvalue weighted by Gasteiger charge is 2.33. The Morgan fingerprint density at radius 2 is 1.78 bits per heavy atom. The van der Waals surface area contributed by atoms with E-state index >= 15 is 0 Å². The van der Waals surface area contributed by atoms with E-state index in [0.29, 0.717) is 60.4 Å². The average molecular weight is 656 g/mol. The molecule has 10 nitrogen and oxygen atoms in total. The summed E-state index contributed by atoms with van der Waals surface area (Å²) < 4.78 is 18.8. The largest absolute Gasteiger partial charge is 0.493 e. The molecule has 0 radical (unpaired) electrons. The number of thiazole rings is 1. The van der Waals surface area contributed by atoms with Gasteiger partial charge in [-0.25, -0.2) is 9.79 Å². The highest BCUT2D eigenvalue weighted by Crippen LogP contribution is 2.36. The number of fused-ring (bicyclic) bond motifs is 1. The van der Waals surface area contributed by atoms with Gasteiger partial charge in [-0.3, -0.25) is 14.2 Å². The van der Waals surface area contributed by atoms with Crippen molar-refractivity contribution in [3.8, 4) is 22.8 Å². The van der Waals surface area contributed by atoms with Crippen molar-refractivity contribution in [1.29, 1.82) is 0 Å².